The van der Waals surface area contributed by atoms with Gasteiger partial charge in [0.1, 0.15) is 0 Å². The number of carbonyl (C=O) groups excluding carboxylic acids is 1. The minimum atomic E-state index is 0.0793. The third-order valence-corrected chi connectivity index (χ3v) is 5.67. The maximum atomic E-state index is 12.5. The second-order valence-corrected chi connectivity index (χ2v) is 7.38. The summed E-state index contributed by atoms with van der Waals surface area (Å²) in [4.78, 5) is 15.2. The summed E-state index contributed by atoms with van der Waals surface area (Å²) in [5.41, 5.74) is 2.13. The van der Waals surface area contributed by atoms with Gasteiger partial charge in [0.25, 0.3) is 5.91 Å². The monoisotopic (exact) mass is 314 g/mol. The van der Waals surface area contributed by atoms with Crippen LogP contribution in [0.3, 0.4) is 0 Å². The predicted molar refractivity (Wildman–Crippen MR) is 94.8 cm³/mol. The average molecular weight is 314 g/mol. The topological polar surface area (TPSA) is 32.3 Å². The molecule has 1 saturated carbocycles. The molecule has 126 valence electrons. The van der Waals surface area contributed by atoms with Crippen molar-refractivity contribution in [2.24, 2.45) is 0 Å². The van der Waals surface area contributed by atoms with Gasteiger partial charge in [0.2, 0.25) is 0 Å². The highest BCUT2D eigenvalue weighted by Gasteiger charge is 2.38. The molecular weight excluding hydrogens is 284 g/mol. The zero-order valence-electron chi connectivity index (χ0n) is 14.4. The van der Waals surface area contributed by atoms with Crippen LogP contribution in [0.25, 0.3) is 0 Å². The lowest BCUT2D eigenvalue weighted by atomic mass is 9.79. The zero-order chi connectivity index (χ0) is 16.1. The third kappa shape index (κ3) is 3.95. The van der Waals surface area contributed by atoms with Crippen molar-refractivity contribution in [1.82, 2.24) is 10.2 Å². The van der Waals surface area contributed by atoms with Crippen LogP contribution in [0.1, 0.15) is 67.3 Å². The first-order valence-corrected chi connectivity index (χ1v) is 9.30. The van der Waals surface area contributed by atoms with Crippen LogP contribution in [-0.2, 0) is 0 Å². The molecule has 0 unspecified atom stereocenters. The molecule has 1 N–H and O–H groups in total. The molecule has 1 aliphatic carbocycles. The second-order valence-electron chi connectivity index (χ2n) is 7.38. The maximum Gasteiger partial charge on any atom is 0.251 e. The van der Waals surface area contributed by atoms with Crippen LogP contribution >= 0.6 is 0 Å². The van der Waals surface area contributed by atoms with Gasteiger partial charge in [-0.05, 0) is 57.8 Å². The van der Waals surface area contributed by atoms with E-state index in [0.717, 1.165) is 17.7 Å². The Kier molecular flexibility index (Phi) is 5.37. The molecule has 1 aromatic rings. The Labute approximate surface area is 140 Å². The average Bonchev–Trinajstić information content (AvgIpc) is 2.61. The number of piperidine rings is 1. The van der Waals surface area contributed by atoms with Crippen molar-refractivity contribution in [3.63, 3.8) is 0 Å². The van der Waals surface area contributed by atoms with Gasteiger partial charge in [0.15, 0.2) is 0 Å². The van der Waals surface area contributed by atoms with Crippen molar-refractivity contribution in [2.75, 3.05) is 19.6 Å². The van der Waals surface area contributed by atoms with Gasteiger partial charge >= 0.3 is 0 Å². The maximum absolute atomic E-state index is 12.5. The molecule has 1 aromatic carbocycles. The van der Waals surface area contributed by atoms with E-state index in [1.54, 1.807) is 0 Å². The number of nitrogens with one attached hydrogen (secondary N) is 1. The molecule has 23 heavy (non-hydrogen) atoms. The highest BCUT2D eigenvalue weighted by molar-refractivity contribution is 5.94. The Morgan fingerprint density at radius 3 is 2.48 bits per heavy atom. The lowest BCUT2D eigenvalue weighted by Crippen LogP contribution is -2.58. The van der Waals surface area contributed by atoms with E-state index in [0.29, 0.717) is 0 Å². The summed E-state index contributed by atoms with van der Waals surface area (Å²) >= 11 is 0. The molecule has 2 fully saturated rings. The normalized spacial score (nSPS) is 21.8. The van der Waals surface area contributed by atoms with E-state index >= 15 is 0 Å². The number of hydrogen-bond acceptors (Lipinski definition) is 2. The van der Waals surface area contributed by atoms with E-state index < -0.39 is 0 Å². The van der Waals surface area contributed by atoms with Gasteiger partial charge in [-0.2, -0.15) is 0 Å². The number of nitrogens with zero attached hydrogens (tertiary/aromatic N) is 1. The Morgan fingerprint density at radius 2 is 1.78 bits per heavy atom. The molecule has 1 saturated heterocycles. The standard InChI is InChI=1S/C20H30N2O/c1-17-9-8-10-18(15-17)19(23)21-16-20(11-4-2-5-12-20)22-13-6-3-7-14-22/h8-10,15H,2-7,11-14,16H2,1H3,(H,21,23). The van der Waals surface area contributed by atoms with Crippen LogP contribution in [0.4, 0.5) is 0 Å². The number of benzene rings is 1. The minimum Gasteiger partial charge on any atom is -0.350 e. The molecule has 3 nitrogen and oxygen atoms in total. The smallest absolute Gasteiger partial charge is 0.251 e. The van der Waals surface area contributed by atoms with E-state index in [4.69, 9.17) is 0 Å². The summed E-state index contributed by atoms with van der Waals surface area (Å²) in [6.07, 6.45) is 10.4. The van der Waals surface area contributed by atoms with Crippen molar-refractivity contribution >= 4 is 5.91 Å². The van der Waals surface area contributed by atoms with Crippen molar-refractivity contribution in [2.45, 2.75) is 63.8 Å². The van der Waals surface area contributed by atoms with Gasteiger partial charge in [-0.25, -0.2) is 0 Å². The first-order valence-electron chi connectivity index (χ1n) is 9.30. The summed E-state index contributed by atoms with van der Waals surface area (Å²) in [6, 6.07) is 7.89. The van der Waals surface area contributed by atoms with E-state index in [1.807, 2.05) is 31.2 Å². The molecule has 0 spiro atoms. The van der Waals surface area contributed by atoms with Crippen LogP contribution in [-0.4, -0.2) is 36.0 Å². The van der Waals surface area contributed by atoms with Crippen LogP contribution < -0.4 is 5.32 Å². The quantitative estimate of drug-likeness (QED) is 0.914. The van der Waals surface area contributed by atoms with Gasteiger partial charge in [0.05, 0.1) is 0 Å². The Morgan fingerprint density at radius 1 is 1.09 bits per heavy atom. The van der Waals surface area contributed by atoms with Crippen LogP contribution in [0.5, 0.6) is 0 Å². The number of carbonyl (C=O) groups is 1. The summed E-state index contributed by atoms with van der Waals surface area (Å²) < 4.78 is 0. The predicted octanol–water partition coefficient (Wildman–Crippen LogP) is 3.91. The van der Waals surface area contributed by atoms with E-state index in [2.05, 4.69) is 10.2 Å². The van der Waals surface area contributed by atoms with Crippen molar-refractivity contribution in [3.8, 4) is 0 Å². The molecule has 1 amide bonds. The Bertz CT molecular complexity index is 528. The lowest BCUT2D eigenvalue weighted by molar-refractivity contribution is 0.0326. The second kappa shape index (κ2) is 7.48. The minimum absolute atomic E-state index is 0.0793. The molecule has 1 aliphatic heterocycles. The van der Waals surface area contributed by atoms with Crippen LogP contribution in [0, 0.1) is 6.92 Å². The molecular formula is C20H30N2O. The largest absolute Gasteiger partial charge is 0.350 e. The molecule has 0 bridgehead atoms. The first kappa shape index (κ1) is 16.5. The first-order chi connectivity index (χ1) is 11.2. The van der Waals surface area contributed by atoms with Gasteiger partial charge in [0, 0.05) is 17.6 Å². The molecule has 0 radical (unpaired) electrons. The highest BCUT2D eigenvalue weighted by atomic mass is 16.1. The van der Waals surface area contributed by atoms with Gasteiger partial charge in [-0.15, -0.1) is 0 Å². The molecule has 2 aliphatic rings. The zero-order valence-corrected chi connectivity index (χ0v) is 14.4. The fourth-order valence-corrected chi connectivity index (χ4v) is 4.32. The fourth-order valence-electron chi connectivity index (χ4n) is 4.32. The summed E-state index contributed by atoms with van der Waals surface area (Å²) in [5.74, 6) is 0.0793. The number of aryl methyl sites for hydroxylation is 1. The number of likely N-dealkylation sites (tertiary alicyclic amines) is 1. The van der Waals surface area contributed by atoms with Crippen molar-refractivity contribution in [3.05, 3.63) is 35.4 Å². The SMILES string of the molecule is Cc1cccc(C(=O)NCC2(N3CCCCC3)CCCCC2)c1. The lowest BCUT2D eigenvalue weighted by Gasteiger charge is -2.48. The molecule has 1 heterocycles. The van der Waals surface area contributed by atoms with Crippen LogP contribution in [0.15, 0.2) is 24.3 Å². The Hall–Kier alpha value is -1.35. The van der Waals surface area contributed by atoms with Gasteiger partial charge in [-0.3, -0.25) is 9.69 Å². The molecule has 3 heteroatoms. The highest BCUT2D eigenvalue weighted by Crippen LogP contribution is 2.35. The van der Waals surface area contributed by atoms with Crippen LogP contribution in [0.2, 0.25) is 0 Å². The molecule has 3 rings (SSSR count). The summed E-state index contributed by atoms with van der Waals surface area (Å²) in [6.45, 7) is 5.26. The third-order valence-electron chi connectivity index (χ3n) is 5.67. The Balaban J connectivity index is 1.67. The summed E-state index contributed by atoms with van der Waals surface area (Å²) in [7, 11) is 0. The van der Waals surface area contributed by atoms with E-state index in [1.165, 1.54) is 64.5 Å². The fraction of sp³-hybridized carbons (Fsp3) is 0.650. The molecule has 0 atom stereocenters. The van der Waals surface area contributed by atoms with E-state index in [-0.39, 0.29) is 11.4 Å². The number of rotatable bonds is 4. The molecule has 0 aromatic heterocycles. The van der Waals surface area contributed by atoms with E-state index in [9.17, 15) is 4.79 Å². The van der Waals surface area contributed by atoms with Gasteiger partial charge < -0.3 is 5.32 Å². The van der Waals surface area contributed by atoms with Gasteiger partial charge in [-0.1, -0.05) is 43.4 Å². The van der Waals surface area contributed by atoms with Crippen molar-refractivity contribution in [1.29, 1.82) is 0 Å². The summed E-state index contributed by atoms with van der Waals surface area (Å²) in [5, 5.41) is 3.25. The van der Waals surface area contributed by atoms with Crippen molar-refractivity contribution < 1.29 is 4.79 Å². The number of hydrogen-bond donors (Lipinski definition) is 1. The number of amides is 1.